The molecule has 4 rings (SSSR count). The molecular weight excluding hydrogens is 343 g/mol. The monoisotopic (exact) mass is 358 g/mol. The number of benzene rings is 3. The fraction of sp³-hybridized carbons (Fsp3) is 0. The highest BCUT2D eigenvalue weighted by Crippen LogP contribution is 2.36. The number of aromatic hydroxyl groups is 1. The largest absolute Gasteiger partial charge is 0.491 e. The second kappa shape index (κ2) is 7.21. The van der Waals surface area contributed by atoms with Crippen molar-refractivity contribution >= 4 is 11.5 Å². The Balaban J connectivity index is 1.84. The van der Waals surface area contributed by atoms with E-state index >= 15 is 0 Å². The summed E-state index contributed by atoms with van der Waals surface area (Å²) in [7, 11) is 0. The van der Waals surface area contributed by atoms with E-state index in [4.69, 9.17) is 0 Å². The van der Waals surface area contributed by atoms with Crippen molar-refractivity contribution in [3.05, 3.63) is 90.7 Å². The second-order valence-corrected chi connectivity index (χ2v) is 5.80. The fourth-order valence-electron chi connectivity index (χ4n) is 2.68. The number of azo groups is 1. The standard InChI is InChI=1S/C21H15FN4O/c22-16-11-13-18(14-12-16)26-20(15-7-3-1-4-8-15)23-19(21(26)27)25-24-17-9-5-2-6-10-17/h1-14,27H. The topological polar surface area (TPSA) is 62.8 Å². The Kier molecular flexibility index (Phi) is 4.45. The van der Waals surface area contributed by atoms with Gasteiger partial charge in [-0.2, -0.15) is 0 Å². The van der Waals surface area contributed by atoms with Crippen LogP contribution in [0.5, 0.6) is 5.88 Å². The van der Waals surface area contributed by atoms with Crippen LogP contribution < -0.4 is 0 Å². The molecule has 4 aromatic rings. The van der Waals surface area contributed by atoms with Gasteiger partial charge in [0.2, 0.25) is 11.7 Å². The van der Waals surface area contributed by atoms with Gasteiger partial charge in [0.05, 0.1) is 11.4 Å². The first-order valence-corrected chi connectivity index (χ1v) is 8.32. The molecule has 6 heteroatoms. The third-order valence-corrected chi connectivity index (χ3v) is 3.97. The summed E-state index contributed by atoms with van der Waals surface area (Å²) in [6.45, 7) is 0. The first-order valence-electron chi connectivity index (χ1n) is 8.32. The zero-order valence-electron chi connectivity index (χ0n) is 14.2. The summed E-state index contributed by atoms with van der Waals surface area (Å²) in [6.07, 6.45) is 0. The Morgan fingerprint density at radius 3 is 2.07 bits per heavy atom. The van der Waals surface area contributed by atoms with Crippen molar-refractivity contribution < 1.29 is 9.50 Å². The zero-order valence-corrected chi connectivity index (χ0v) is 14.2. The van der Waals surface area contributed by atoms with Crippen LogP contribution in [0, 0.1) is 5.82 Å². The molecule has 0 aliphatic carbocycles. The molecule has 5 nitrogen and oxygen atoms in total. The Bertz CT molecular complexity index is 1070. The summed E-state index contributed by atoms with van der Waals surface area (Å²) in [5.74, 6) is 0.0486. The predicted octanol–water partition coefficient (Wildman–Crippen LogP) is 5.80. The first kappa shape index (κ1) is 16.7. The normalized spacial score (nSPS) is 11.1. The molecule has 0 radical (unpaired) electrons. The van der Waals surface area contributed by atoms with E-state index < -0.39 is 0 Å². The predicted molar refractivity (Wildman–Crippen MR) is 101 cm³/mol. The van der Waals surface area contributed by atoms with Crippen molar-refractivity contribution in [1.82, 2.24) is 9.55 Å². The van der Waals surface area contributed by atoms with Gasteiger partial charge in [-0.05, 0) is 36.4 Å². The molecule has 0 fully saturated rings. The first-order chi connectivity index (χ1) is 13.2. The number of halogens is 1. The van der Waals surface area contributed by atoms with E-state index in [-0.39, 0.29) is 17.5 Å². The van der Waals surface area contributed by atoms with E-state index in [2.05, 4.69) is 15.2 Å². The van der Waals surface area contributed by atoms with Gasteiger partial charge in [0.1, 0.15) is 11.6 Å². The second-order valence-electron chi connectivity index (χ2n) is 5.80. The average Bonchev–Trinajstić information content (AvgIpc) is 3.05. The maximum atomic E-state index is 13.3. The number of nitrogens with zero attached hydrogens (tertiary/aromatic N) is 4. The van der Waals surface area contributed by atoms with Gasteiger partial charge in [0, 0.05) is 5.56 Å². The Labute approximate surface area is 155 Å². The van der Waals surface area contributed by atoms with E-state index in [1.807, 2.05) is 48.5 Å². The van der Waals surface area contributed by atoms with Gasteiger partial charge in [-0.15, -0.1) is 10.2 Å². The Hall–Kier alpha value is -3.80. The van der Waals surface area contributed by atoms with Crippen LogP contribution in [0.25, 0.3) is 17.1 Å². The molecule has 0 aliphatic rings. The van der Waals surface area contributed by atoms with Gasteiger partial charge in [-0.1, -0.05) is 48.5 Å². The molecule has 0 saturated heterocycles. The highest BCUT2D eigenvalue weighted by atomic mass is 19.1. The van der Waals surface area contributed by atoms with Crippen molar-refractivity contribution in [3.63, 3.8) is 0 Å². The highest BCUT2D eigenvalue weighted by molar-refractivity contribution is 5.65. The number of hydrogen-bond acceptors (Lipinski definition) is 4. The van der Waals surface area contributed by atoms with Crippen molar-refractivity contribution in [2.24, 2.45) is 10.2 Å². The maximum Gasteiger partial charge on any atom is 0.245 e. The van der Waals surface area contributed by atoms with Crippen LogP contribution in [0.3, 0.4) is 0 Å². The summed E-state index contributed by atoms with van der Waals surface area (Å²) in [5, 5.41) is 18.9. The van der Waals surface area contributed by atoms with E-state index in [9.17, 15) is 9.50 Å². The molecule has 1 aromatic heterocycles. The molecule has 1 heterocycles. The molecule has 0 unspecified atom stereocenters. The van der Waals surface area contributed by atoms with Gasteiger partial charge in [-0.3, -0.25) is 4.57 Å². The number of hydrogen-bond donors (Lipinski definition) is 1. The van der Waals surface area contributed by atoms with Crippen LogP contribution >= 0.6 is 0 Å². The summed E-state index contributed by atoms with van der Waals surface area (Å²) in [6, 6.07) is 24.4. The van der Waals surface area contributed by atoms with E-state index in [1.54, 1.807) is 24.3 Å². The van der Waals surface area contributed by atoms with E-state index in [1.165, 1.54) is 16.7 Å². The minimum Gasteiger partial charge on any atom is -0.491 e. The van der Waals surface area contributed by atoms with Gasteiger partial charge in [-0.25, -0.2) is 9.37 Å². The molecule has 27 heavy (non-hydrogen) atoms. The fourth-order valence-corrected chi connectivity index (χ4v) is 2.68. The van der Waals surface area contributed by atoms with E-state index in [0.717, 1.165) is 5.56 Å². The molecule has 0 saturated carbocycles. The van der Waals surface area contributed by atoms with Crippen LogP contribution in [0.15, 0.2) is 95.2 Å². The third-order valence-electron chi connectivity index (χ3n) is 3.97. The molecule has 0 aliphatic heterocycles. The summed E-state index contributed by atoms with van der Waals surface area (Å²) in [4.78, 5) is 4.45. The van der Waals surface area contributed by atoms with E-state index in [0.29, 0.717) is 17.2 Å². The van der Waals surface area contributed by atoms with Gasteiger partial charge in [0.15, 0.2) is 0 Å². The van der Waals surface area contributed by atoms with Gasteiger partial charge in [0.25, 0.3) is 0 Å². The zero-order chi connectivity index (χ0) is 18.6. The maximum absolute atomic E-state index is 13.3. The smallest absolute Gasteiger partial charge is 0.245 e. The van der Waals surface area contributed by atoms with Gasteiger partial charge >= 0.3 is 0 Å². The Morgan fingerprint density at radius 2 is 1.41 bits per heavy atom. The minimum atomic E-state index is -0.358. The molecule has 132 valence electrons. The van der Waals surface area contributed by atoms with Crippen LogP contribution in [-0.2, 0) is 0 Å². The van der Waals surface area contributed by atoms with Gasteiger partial charge < -0.3 is 5.11 Å². The van der Waals surface area contributed by atoms with Crippen molar-refractivity contribution in [2.45, 2.75) is 0 Å². The van der Waals surface area contributed by atoms with Crippen LogP contribution in [0.1, 0.15) is 0 Å². The lowest BCUT2D eigenvalue weighted by Gasteiger charge is -2.08. The van der Waals surface area contributed by atoms with Crippen LogP contribution in [-0.4, -0.2) is 14.7 Å². The minimum absolute atomic E-state index is 0.0852. The summed E-state index contributed by atoms with van der Waals surface area (Å²) in [5.41, 5.74) is 2.01. The molecule has 3 aromatic carbocycles. The van der Waals surface area contributed by atoms with Crippen LogP contribution in [0.4, 0.5) is 15.9 Å². The van der Waals surface area contributed by atoms with Crippen molar-refractivity contribution in [3.8, 4) is 23.0 Å². The summed E-state index contributed by atoms with van der Waals surface area (Å²) < 4.78 is 14.8. The lowest BCUT2D eigenvalue weighted by Crippen LogP contribution is -1.97. The van der Waals surface area contributed by atoms with Crippen molar-refractivity contribution in [1.29, 1.82) is 0 Å². The lowest BCUT2D eigenvalue weighted by atomic mass is 10.2. The average molecular weight is 358 g/mol. The van der Waals surface area contributed by atoms with Crippen molar-refractivity contribution in [2.75, 3.05) is 0 Å². The van der Waals surface area contributed by atoms with Crippen LogP contribution in [0.2, 0.25) is 0 Å². The molecule has 0 bridgehead atoms. The highest BCUT2D eigenvalue weighted by Gasteiger charge is 2.19. The number of rotatable bonds is 4. The third kappa shape index (κ3) is 3.46. The molecule has 0 atom stereocenters. The number of imidazole rings is 1. The molecule has 0 amide bonds. The lowest BCUT2D eigenvalue weighted by molar-refractivity contribution is 0.444. The molecule has 1 N–H and O–H groups in total. The summed E-state index contributed by atoms with van der Waals surface area (Å²) >= 11 is 0. The quantitative estimate of drug-likeness (QED) is 0.469. The Morgan fingerprint density at radius 1 is 0.778 bits per heavy atom. The molecule has 0 spiro atoms. The number of aromatic nitrogens is 2. The molecular formula is C21H15FN4O. The SMILES string of the molecule is Oc1c(N=Nc2ccccc2)nc(-c2ccccc2)n1-c1ccc(F)cc1.